The summed E-state index contributed by atoms with van der Waals surface area (Å²) in [6.07, 6.45) is 2.90. The molecule has 0 aromatic carbocycles. The number of pyridine rings is 1. The molecule has 0 saturated carbocycles. The normalized spacial score (nSPS) is 14.9. The van der Waals surface area contributed by atoms with E-state index >= 15 is 0 Å². The van der Waals surface area contributed by atoms with Gasteiger partial charge in [-0.3, -0.25) is 9.78 Å². The number of aromatic nitrogens is 1. The van der Waals surface area contributed by atoms with Gasteiger partial charge in [0.05, 0.1) is 11.3 Å². The molecule has 0 radical (unpaired) electrons. The van der Waals surface area contributed by atoms with E-state index in [1.807, 2.05) is 0 Å². The highest BCUT2D eigenvalue weighted by Gasteiger charge is 2.24. The second-order valence-electron chi connectivity index (χ2n) is 3.02. The highest BCUT2D eigenvalue weighted by atomic mass is 16.3. The van der Waals surface area contributed by atoms with Gasteiger partial charge in [-0.25, -0.2) is 0 Å². The van der Waals surface area contributed by atoms with Crippen molar-refractivity contribution >= 4 is 5.78 Å². The molecule has 1 N–H and O–H groups in total. The van der Waals surface area contributed by atoms with Crippen LogP contribution in [0.1, 0.15) is 28.0 Å². The number of fused-ring (bicyclic) bond motifs is 1. The fourth-order valence-electron chi connectivity index (χ4n) is 1.51. The first-order chi connectivity index (χ1) is 5.70. The number of carbonyl (C=O) groups is 1. The number of hydrogen-bond donors (Lipinski definition) is 1. The van der Waals surface area contributed by atoms with Crippen molar-refractivity contribution < 1.29 is 9.90 Å². The van der Waals surface area contributed by atoms with E-state index in [0.29, 0.717) is 17.7 Å². The van der Waals surface area contributed by atoms with Crippen LogP contribution < -0.4 is 0 Å². The first-order valence-corrected chi connectivity index (χ1v) is 3.91. The molecule has 1 aromatic rings. The summed E-state index contributed by atoms with van der Waals surface area (Å²) in [6.45, 7) is 1.70. The van der Waals surface area contributed by atoms with Gasteiger partial charge < -0.3 is 5.11 Å². The van der Waals surface area contributed by atoms with Crippen LogP contribution in [0.15, 0.2) is 6.20 Å². The maximum Gasteiger partial charge on any atom is 0.167 e. The van der Waals surface area contributed by atoms with Crippen LogP contribution in [0.5, 0.6) is 5.75 Å². The second kappa shape index (κ2) is 2.30. The Balaban J connectivity index is 2.71. The Morgan fingerprint density at radius 2 is 2.25 bits per heavy atom. The minimum atomic E-state index is 0.0352. The number of aryl methyl sites for hydroxylation is 2. The third-order valence-corrected chi connectivity index (χ3v) is 2.21. The molecule has 0 atom stereocenters. The third kappa shape index (κ3) is 0.826. The second-order valence-corrected chi connectivity index (χ2v) is 3.02. The molecule has 2 rings (SSSR count). The van der Waals surface area contributed by atoms with Crippen LogP contribution in [0, 0.1) is 6.92 Å². The standard InChI is InChI=1S/C9H9NO2/c1-5-9(12)8-6(4-10-5)2-3-7(8)11/h4,12H,2-3H2,1H3. The van der Waals surface area contributed by atoms with E-state index in [9.17, 15) is 9.90 Å². The average Bonchev–Trinajstić information content (AvgIpc) is 2.41. The van der Waals surface area contributed by atoms with E-state index in [0.717, 1.165) is 12.0 Å². The van der Waals surface area contributed by atoms with Gasteiger partial charge >= 0.3 is 0 Å². The Kier molecular flexibility index (Phi) is 1.40. The Morgan fingerprint density at radius 3 is 3.00 bits per heavy atom. The summed E-state index contributed by atoms with van der Waals surface area (Å²) < 4.78 is 0. The highest BCUT2D eigenvalue weighted by Crippen LogP contribution is 2.30. The van der Waals surface area contributed by atoms with Gasteiger partial charge in [-0.2, -0.15) is 0 Å². The van der Waals surface area contributed by atoms with Gasteiger partial charge in [-0.05, 0) is 18.9 Å². The van der Waals surface area contributed by atoms with E-state index in [-0.39, 0.29) is 11.5 Å². The molecule has 12 heavy (non-hydrogen) atoms. The lowest BCUT2D eigenvalue weighted by Crippen LogP contribution is -1.95. The van der Waals surface area contributed by atoms with E-state index in [1.54, 1.807) is 13.1 Å². The number of Topliss-reactive ketones (excluding diaryl/α,β-unsaturated/α-hetero) is 1. The summed E-state index contributed by atoms with van der Waals surface area (Å²) in [7, 11) is 0. The smallest absolute Gasteiger partial charge is 0.167 e. The molecule has 0 aliphatic heterocycles. The monoisotopic (exact) mass is 163 g/mol. The van der Waals surface area contributed by atoms with Crippen LogP contribution in [0.25, 0.3) is 0 Å². The van der Waals surface area contributed by atoms with Crippen LogP contribution in [0.3, 0.4) is 0 Å². The molecule has 1 aromatic heterocycles. The molecule has 0 saturated heterocycles. The van der Waals surface area contributed by atoms with Crippen molar-refractivity contribution in [3.63, 3.8) is 0 Å². The quantitative estimate of drug-likeness (QED) is 0.625. The van der Waals surface area contributed by atoms with E-state index in [1.165, 1.54) is 0 Å². The third-order valence-electron chi connectivity index (χ3n) is 2.21. The number of hydrogen-bond acceptors (Lipinski definition) is 3. The van der Waals surface area contributed by atoms with Gasteiger partial charge in [-0.15, -0.1) is 0 Å². The SMILES string of the molecule is Cc1ncc2c(c1O)C(=O)CC2. The van der Waals surface area contributed by atoms with Crippen molar-refractivity contribution in [2.75, 3.05) is 0 Å². The molecule has 1 heterocycles. The molecule has 3 nitrogen and oxygen atoms in total. The van der Waals surface area contributed by atoms with Crippen LogP contribution in [-0.2, 0) is 6.42 Å². The lowest BCUT2D eigenvalue weighted by atomic mass is 10.1. The van der Waals surface area contributed by atoms with Crippen molar-refractivity contribution in [3.05, 3.63) is 23.0 Å². The Labute approximate surface area is 70.1 Å². The molecular formula is C9H9NO2. The summed E-state index contributed by atoms with van der Waals surface area (Å²) in [5.74, 6) is 0.100. The lowest BCUT2D eigenvalue weighted by Gasteiger charge is -2.02. The van der Waals surface area contributed by atoms with Crippen LogP contribution in [-0.4, -0.2) is 15.9 Å². The topological polar surface area (TPSA) is 50.2 Å². The number of carbonyl (C=O) groups excluding carboxylic acids is 1. The van der Waals surface area contributed by atoms with E-state index in [4.69, 9.17) is 0 Å². The summed E-state index contributed by atoms with van der Waals surface area (Å²) in [6, 6.07) is 0. The molecule has 1 aliphatic carbocycles. The van der Waals surface area contributed by atoms with Crippen molar-refractivity contribution in [2.45, 2.75) is 19.8 Å². The van der Waals surface area contributed by atoms with Crippen molar-refractivity contribution in [3.8, 4) is 5.75 Å². The van der Waals surface area contributed by atoms with E-state index in [2.05, 4.69) is 4.98 Å². The minimum absolute atomic E-state index is 0.0352. The zero-order chi connectivity index (χ0) is 8.72. The Hall–Kier alpha value is -1.38. The molecule has 0 fully saturated rings. The number of aromatic hydroxyl groups is 1. The maximum absolute atomic E-state index is 11.3. The maximum atomic E-state index is 11.3. The zero-order valence-electron chi connectivity index (χ0n) is 6.79. The largest absolute Gasteiger partial charge is 0.505 e. The highest BCUT2D eigenvalue weighted by molar-refractivity contribution is 6.02. The summed E-state index contributed by atoms with van der Waals surface area (Å²) >= 11 is 0. The summed E-state index contributed by atoms with van der Waals surface area (Å²) in [5.41, 5.74) is 1.90. The lowest BCUT2D eigenvalue weighted by molar-refractivity contribution is 0.0992. The molecule has 3 heteroatoms. The van der Waals surface area contributed by atoms with Crippen molar-refractivity contribution in [1.29, 1.82) is 0 Å². The number of ketones is 1. The minimum Gasteiger partial charge on any atom is -0.505 e. The first kappa shape index (κ1) is 7.28. The van der Waals surface area contributed by atoms with E-state index < -0.39 is 0 Å². The van der Waals surface area contributed by atoms with Crippen LogP contribution in [0.2, 0.25) is 0 Å². The number of nitrogens with zero attached hydrogens (tertiary/aromatic N) is 1. The first-order valence-electron chi connectivity index (χ1n) is 3.91. The predicted molar refractivity (Wildman–Crippen MR) is 43.3 cm³/mol. The molecule has 62 valence electrons. The van der Waals surface area contributed by atoms with Gasteiger partial charge in [0.25, 0.3) is 0 Å². The summed E-state index contributed by atoms with van der Waals surface area (Å²) in [4.78, 5) is 15.2. The molecule has 1 aliphatic rings. The van der Waals surface area contributed by atoms with Crippen molar-refractivity contribution in [1.82, 2.24) is 4.98 Å². The molecule has 0 unspecified atom stereocenters. The van der Waals surface area contributed by atoms with Gasteiger partial charge in [0, 0.05) is 12.6 Å². The Morgan fingerprint density at radius 1 is 1.50 bits per heavy atom. The molecule has 0 spiro atoms. The van der Waals surface area contributed by atoms with Gasteiger partial charge in [-0.1, -0.05) is 0 Å². The molecule has 0 amide bonds. The average molecular weight is 163 g/mol. The van der Waals surface area contributed by atoms with Crippen molar-refractivity contribution in [2.24, 2.45) is 0 Å². The van der Waals surface area contributed by atoms with Crippen LogP contribution in [0.4, 0.5) is 0 Å². The summed E-state index contributed by atoms with van der Waals surface area (Å²) in [5, 5.41) is 9.51. The Bertz CT molecular complexity index is 358. The zero-order valence-corrected chi connectivity index (χ0v) is 6.79. The van der Waals surface area contributed by atoms with Gasteiger partial charge in [0.15, 0.2) is 5.78 Å². The fourth-order valence-corrected chi connectivity index (χ4v) is 1.51. The van der Waals surface area contributed by atoms with Gasteiger partial charge in [0.2, 0.25) is 0 Å². The van der Waals surface area contributed by atoms with Crippen LogP contribution >= 0.6 is 0 Å². The number of rotatable bonds is 0. The van der Waals surface area contributed by atoms with Gasteiger partial charge in [0.1, 0.15) is 5.75 Å². The predicted octanol–water partition coefficient (Wildman–Crippen LogP) is 1.22. The molecule has 0 bridgehead atoms. The fraction of sp³-hybridized carbons (Fsp3) is 0.333. The molecular weight excluding hydrogens is 154 g/mol.